The Morgan fingerprint density at radius 2 is 2.14 bits per heavy atom. The molecular formula is C14H12IN3O3. The van der Waals surface area contributed by atoms with Crippen LogP contribution in [0.4, 0.5) is 11.5 Å². The van der Waals surface area contributed by atoms with E-state index < -0.39 is 10.8 Å². The molecule has 1 aromatic carbocycles. The summed E-state index contributed by atoms with van der Waals surface area (Å²) in [4.78, 5) is 26.5. The molecule has 1 N–H and O–H groups in total. The molecule has 0 spiro atoms. The quantitative estimate of drug-likeness (QED) is 0.487. The number of nitrogens with one attached hydrogen (secondary N) is 1. The highest BCUT2D eigenvalue weighted by Crippen LogP contribution is 2.22. The van der Waals surface area contributed by atoms with Crippen molar-refractivity contribution in [2.75, 3.05) is 5.32 Å². The van der Waals surface area contributed by atoms with Crippen molar-refractivity contribution in [3.05, 3.63) is 61.8 Å². The Hall–Kier alpha value is -2.03. The lowest BCUT2D eigenvalue weighted by Crippen LogP contribution is -2.19. The number of halogens is 1. The van der Waals surface area contributed by atoms with E-state index in [0.717, 1.165) is 3.57 Å². The number of nitro groups is 1. The number of nitro benzene ring substituents is 1. The molecule has 1 aromatic heterocycles. The molecule has 0 saturated heterocycles. The zero-order valence-corrected chi connectivity index (χ0v) is 13.3. The third-order valence-corrected chi connectivity index (χ3v) is 3.59. The molecule has 21 heavy (non-hydrogen) atoms. The van der Waals surface area contributed by atoms with Crippen LogP contribution in [-0.4, -0.2) is 15.8 Å². The van der Waals surface area contributed by atoms with Crippen molar-refractivity contribution >= 4 is 40.0 Å². The molecule has 108 valence electrons. The van der Waals surface area contributed by atoms with Crippen molar-refractivity contribution < 1.29 is 9.72 Å². The van der Waals surface area contributed by atoms with Crippen LogP contribution in [0.5, 0.6) is 0 Å². The molecule has 1 amide bonds. The van der Waals surface area contributed by atoms with Crippen LogP contribution in [0.3, 0.4) is 0 Å². The van der Waals surface area contributed by atoms with E-state index >= 15 is 0 Å². The molecule has 6 nitrogen and oxygen atoms in total. The number of nitrogens with zero attached hydrogens (tertiary/aromatic N) is 2. The fourth-order valence-corrected chi connectivity index (χ4v) is 2.06. The second kappa shape index (κ2) is 6.61. The fourth-order valence-electron chi connectivity index (χ4n) is 1.74. The number of pyridine rings is 1. The molecule has 0 aliphatic carbocycles. The lowest BCUT2D eigenvalue weighted by molar-refractivity contribution is -0.384. The van der Waals surface area contributed by atoms with Gasteiger partial charge in [0.15, 0.2) is 0 Å². The van der Waals surface area contributed by atoms with Gasteiger partial charge in [-0.15, -0.1) is 0 Å². The van der Waals surface area contributed by atoms with Crippen molar-refractivity contribution in [3.8, 4) is 0 Å². The number of aromatic nitrogens is 1. The van der Waals surface area contributed by atoms with Crippen LogP contribution < -0.4 is 5.32 Å². The normalized spacial score (nSPS) is 11.7. The summed E-state index contributed by atoms with van der Waals surface area (Å²) in [5.41, 5.74) is 0.562. The van der Waals surface area contributed by atoms with Crippen molar-refractivity contribution in [2.24, 2.45) is 0 Å². The van der Waals surface area contributed by atoms with Gasteiger partial charge in [-0.2, -0.15) is 0 Å². The fraction of sp³-hybridized carbons (Fsp3) is 0.143. The van der Waals surface area contributed by atoms with Crippen molar-refractivity contribution in [3.63, 3.8) is 0 Å². The van der Waals surface area contributed by atoms with Gasteiger partial charge in [0.1, 0.15) is 5.82 Å². The summed E-state index contributed by atoms with van der Waals surface area (Å²) in [6, 6.07) is 9.61. The van der Waals surface area contributed by atoms with Gasteiger partial charge in [0.05, 0.1) is 10.8 Å². The van der Waals surface area contributed by atoms with E-state index in [-0.39, 0.29) is 11.6 Å². The number of rotatable bonds is 4. The number of hydrogen-bond donors (Lipinski definition) is 1. The van der Waals surface area contributed by atoms with Crippen LogP contribution in [0.25, 0.3) is 0 Å². The molecular weight excluding hydrogens is 385 g/mol. The number of carbonyl (C=O) groups is 1. The van der Waals surface area contributed by atoms with Gasteiger partial charge in [-0.25, -0.2) is 4.98 Å². The maximum absolute atomic E-state index is 12.2. The third-order valence-electron chi connectivity index (χ3n) is 2.95. The lowest BCUT2D eigenvalue weighted by atomic mass is 10.00. The predicted octanol–water partition coefficient (Wildman–Crippen LogP) is 3.34. The number of benzene rings is 1. The maximum atomic E-state index is 12.2. The van der Waals surface area contributed by atoms with Gasteiger partial charge in [-0.1, -0.05) is 12.1 Å². The van der Waals surface area contributed by atoms with Crippen LogP contribution in [0.1, 0.15) is 18.4 Å². The predicted molar refractivity (Wildman–Crippen MR) is 87.1 cm³/mol. The minimum atomic E-state index is -0.508. The van der Waals surface area contributed by atoms with E-state index in [9.17, 15) is 14.9 Å². The second-order valence-corrected chi connectivity index (χ2v) is 5.67. The smallest absolute Gasteiger partial charge is 0.269 e. The van der Waals surface area contributed by atoms with Crippen molar-refractivity contribution in [1.82, 2.24) is 4.98 Å². The van der Waals surface area contributed by atoms with Crippen molar-refractivity contribution in [1.29, 1.82) is 0 Å². The van der Waals surface area contributed by atoms with Gasteiger partial charge in [0, 0.05) is 21.9 Å². The molecule has 1 heterocycles. The summed E-state index contributed by atoms with van der Waals surface area (Å²) in [5.74, 6) is -0.312. The Kier molecular flexibility index (Phi) is 4.84. The summed E-state index contributed by atoms with van der Waals surface area (Å²) in [7, 11) is 0. The van der Waals surface area contributed by atoms with Crippen LogP contribution in [-0.2, 0) is 4.79 Å². The minimum absolute atomic E-state index is 0.0282. The molecule has 1 unspecified atom stereocenters. The lowest BCUT2D eigenvalue weighted by Gasteiger charge is -2.12. The average molecular weight is 397 g/mol. The number of hydrogen-bond acceptors (Lipinski definition) is 4. The molecule has 2 aromatic rings. The third kappa shape index (κ3) is 3.97. The van der Waals surface area contributed by atoms with Gasteiger partial charge in [0.25, 0.3) is 5.69 Å². The minimum Gasteiger partial charge on any atom is -0.310 e. The van der Waals surface area contributed by atoms with Gasteiger partial charge in [-0.05, 0) is 47.2 Å². The Labute approximate surface area is 134 Å². The van der Waals surface area contributed by atoms with Gasteiger partial charge >= 0.3 is 0 Å². The average Bonchev–Trinajstić information content (AvgIpc) is 2.49. The Balaban J connectivity index is 2.13. The van der Waals surface area contributed by atoms with Gasteiger partial charge in [0.2, 0.25) is 5.91 Å². The SMILES string of the molecule is CC(C(=O)Nc1ccc(I)cn1)c1cccc([N+](=O)[O-])c1. The summed E-state index contributed by atoms with van der Waals surface area (Å²) in [5, 5.41) is 13.5. The molecule has 0 aliphatic rings. The first-order chi connectivity index (χ1) is 9.97. The highest BCUT2D eigenvalue weighted by molar-refractivity contribution is 14.1. The number of anilines is 1. The molecule has 0 radical (unpaired) electrons. The molecule has 2 rings (SSSR count). The van der Waals surface area contributed by atoms with E-state index in [1.807, 2.05) is 6.07 Å². The number of carbonyl (C=O) groups excluding carboxylic acids is 1. The molecule has 0 aliphatic heterocycles. The van der Waals surface area contributed by atoms with E-state index in [1.54, 1.807) is 31.3 Å². The first-order valence-electron chi connectivity index (χ1n) is 6.14. The topological polar surface area (TPSA) is 85.1 Å². The van der Waals surface area contributed by atoms with Crippen LogP contribution in [0.15, 0.2) is 42.6 Å². The molecule has 1 atom stereocenters. The standard InChI is InChI=1S/C14H12IN3O3/c1-9(10-3-2-4-12(7-10)18(20)21)14(19)17-13-6-5-11(15)8-16-13/h2-9H,1H3,(H,16,17,19). The number of amides is 1. The van der Waals surface area contributed by atoms with E-state index in [0.29, 0.717) is 11.4 Å². The largest absolute Gasteiger partial charge is 0.310 e. The van der Waals surface area contributed by atoms with E-state index in [1.165, 1.54) is 12.1 Å². The Bertz CT molecular complexity index is 673. The number of non-ortho nitro benzene ring substituents is 1. The van der Waals surface area contributed by atoms with E-state index in [2.05, 4.69) is 32.9 Å². The first-order valence-corrected chi connectivity index (χ1v) is 7.22. The molecule has 0 saturated carbocycles. The molecule has 0 fully saturated rings. The maximum Gasteiger partial charge on any atom is 0.269 e. The van der Waals surface area contributed by atoms with Crippen molar-refractivity contribution in [2.45, 2.75) is 12.8 Å². The highest BCUT2D eigenvalue weighted by Gasteiger charge is 2.18. The zero-order chi connectivity index (χ0) is 15.4. The Morgan fingerprint density at radius 3 is 2.76 bits per heavy atom. The summed E-state index contributed by atoms with van der Waals surface area (Å²) < 4.78 is 0.970. The second-order valence-electron chi connectivity index (χ2n) is 4.42. The molecule has 0 bridgehead atoms. The summed E-state index contributed by atoms with van der Waals surface area (Å²) in [6.45, 7) is 1.70. The van der Waals surface area contributed by atoms with Crippen LogP contribution >= 0.6 is 22.6 Å². The van der Waals surface area contributed by atoms with Gasteiger partial charge < -0.3 is 5.32 Å². The zero-order valence-electron chi connectivity index (χ0n) is 11.1. The highest BCUT2D eigenvalue weighted by atomic mass is 127. The Morgan fingerprint density at radius 1 is 1.38 bits per heavy atom. The van der Waals surface area contributed by atoms with Crippen LogP contribution in [0.2, 0.25) is 0 Å². The first kappa shape index (κ1) is 15.4. The monoisotopic (exact) mass is 397 g/mol. The molecule has 7 heteroatoms. The summed E-state index contributed by atoms with van der Waals surface area (Å²) in [6.07, 6.45) is 1.65. The van der Waals surface area contributed by atoms with E-state index in [4.69, 9.17) is 0 Å². The summed E-state index contributed by atoms with van der Waals surface area (Å²) >= 11 is 2.12. The van der Waals surface area contributed by atoms with Gasteiger partial charge in [-0.3, -0.25) is 14.9 Å². The van der Waals surface area contributed by atoms with Crippen LogP contribution in [0, 0.1) is 13.7 Å².